The number of hydrogen-bond donors (Lipinski definition) is 3. The molecule has 0 saturated carbocycles. The number of benzene rings is 1. The minimum Gasteiger partial charge on any atom is -0.384 e. The molecule has 9 heteroatoms. The maximum absolute atomic E-state index is 13.3. The lowest BCUT2D eigenvalue weighted by Gasteiger charge is -2.26. The van der Waals surface area contributed by atoms with Crippen LogP contribution in [0, 0.1) is 0 Å². The number of carbonyl (C=O) groups excluding carboxylic acids is 2. The number of likely N-dealkylation sites (tertiary alicyclic amines) is 1. The average molecular weight is 498 g/mol. The minimum absolute atomic E-state index is 0.136. The highest BCUT2D eigenvalue weighted by atomic mass is 16.2. The van der Waals surface area contributed by atoms with Crippen molar-refractivity contribution in [3.05, 3.63) is 71.8 Å². The van der Waals surface area contributed by atoms with Crippen LogP contribution < -0.4 is 16.4 Å². The molecule has 1 saturated heterocycles. The Morgan fingerprint density at radius 3 is 2.62 bits per heavy atom. The number of amides is 2. The molecule has 2 aromatic heterocycles. The Labute approximate surface area is 216 Å². The summed E-state index contributed by atoms with van der Waals surface area (Å²) in [6, 6.07) is 11.3. The molecule has 4 heterocycles. The fraction of sp³-hybridized carbons (Fsp3) is 0.321. The molecule has 2 aliphatic heterocycles. The number of piperidine rings is 1. The number of pyridine rings is 2. The zero-order valence-corrected chi connectivity index (χ0v) is 20.7. The quantitative estimate of drug-likeness (QED) is 0.479. The van der Waals surface area contributed by atoms with Gasteiger partial charge in [-0.1, -0.05) is 12.5 Å². The lowest BCUT2D eigenvalue weighted by molar-refractivity contribution is -0.110. The zero-order chi connectivity index (χ0) is 25.6. The molecule has 0 bridgehead atoms. The van der Waals surface area contributed by atoms with E-state index in [4.69, 9.17) is 5.73 Å². The van der Waals surface area contributed by atoms with Crippen LogP contribution in [0.25, 0.3) is 11.1 Å². The van der Waals surface area contributed by atoms with Gasteiger partial charge in [0.1, 0.15) is 11.4 Å². The second kappa shape index (κ2) is 11.3. The van der Waals surface area contributed by atoms with E-state index in [9.17, 15) is 9.59 Å². The first kappa shape index (κ1) is 24.6. The highest BCUT2D eigenvalue weighted by Gasteiger charge is 2.21. The largest absolute Gasteiger partial charge is 0.384 e. The van der Waals surface area contributed by atoms with Gasteiger partial charge in [-0.05, 0) is 73.8 Å². The fourth-order valence-corrected chi connectivity index (χ4v) is 4.76. The topological polar surface area (TPSA) is 126 Å². The van der Waals surface area contributed by atoms with Gasteiger partial charge in [-0.15, -0.1) is 0 Å². The highest BCUT2D eigenvalue weighted by molar-refractivity contribution is 6.50. The predicted molar refractivity (Wildman–Crippen MR) is 145 cm³/mol. The third-order valence-corrected chi connectivity index (χ3v) is 6.67. The van der Waals surface area contributed by atoms with E-state index in [1.165, 1.54) is 37.1 Å². The van der Waals surface area contributed by atoms with E-state index in [2.05, 4.69) is 42.6 Å². The standard InChI is InChI=1S/C28H31N7O2/c29-27(36)25-8-6-22(17-33-25)34-28(37)26-23-14-20(5-7-24(23)31-9-4-10-32-26)21-13-19(15-30-16-21)18-35-11-2-1-3-12-35/h5-8,13-17,31H,1-4,9-12,18H2,(H2,29,36)(H,34,37). The molecule has 0 atom stereocenters. The molecule has 1 aromatic carbocycles. The van der Waals surface area contributed by atoms with E-state index < -0.39 is 5.91 Å². The number of hydrogen-bond acceptors (Lipinski definition) is 7. The van der Waals surface area contributed by atoms with Crippen LogP contribution >= 0.6 is 0 Å². The summed E-state index contributed by atoms with van der Waals surface area (Å²) in [6.07, 6.45) is 9.84. The van der Waals surface area contributed by atoms with Gasteiger partial charge in [0.2, 0.25) is 0 Å². The van der Waals surface area contributed by atoms with Crippen molar-refractivity contribution >= 4 is 28.9 Å². The Hall–Kier alpha value is -4.11. The van der Waals surface area contributed by atoms with Gasteiger partial charge in [0, 0.05) is 48.8 Å². The summed E-state index contributed by atoms with van der Waals surface area (Å²) in [5.74, 6) is -0.961. The molecule has 37 heavy (non-hydrogen) atoms. The van der Waals surface area contributed by atoms with Gasteiger partial charge >= 0.3 is 0 Å². The molecule has 0 spiro atoms. The number of fused-ring (bicyclic) bond motifs is 1. The van der Waals surface area contributed by atoms with Gasteiger partial charge in [0.15, 0.2) is 0 Å². The second-order valence-electron chi connectivity index (χ2n) is 9.44. The molecule has 0 unspecified atom stereocenters. The first-order valence-corrected chi connectivity index (χ1v) is 12.7. The summed E-state index contributed by atoms with van der Waals surface area (Å²) in [7, 11) is 0. The van der Waals surface area contributed by atoms with Crippen LogP contribution in [0.4, 0.5) is 11.4 Å². The number of aromatic nitrogens is 2. The molecule has 5 rings (SSSR count). The van der Waals surface area contributed by atoms with Crippen molar-refractivity contribution in [2.24, 2.45) is 10.7 Å². The number of rotatable bonds is 6. The van der Waals surface area contributed by atoms with Crippen LogP contribution in [-0.2, 0) is 11.3 Å². The Balaban J connectivity index is 1.41. The highest BCUT2D eigenvalue weighted by Crippen LogP contribution is 2.28. The summed E-state index contributed by atoms with van der Waals surface area (Å²) in [5.41, 5.74) is 11.0. The van der Waals surface area contributed by atoms with Crippen molar-refractivity contribution < 1.29 is 9.59 Å². The lowest BCUT2D eigenvalue weighted by Crippen LogP contribution is -2.29. The van der Waals surface area contributed by atoms with E-state index in [-0.39, 0.29) is 11.6 Å². The third-order valence-electron chi connectivity index (χ3n) is 6.67. The molecule has 3 aromatic rings. The summed E-state index contributed by atoms with van der Waals surface area (Å²) >= 11 is 0. The van der Waals surface area contributed by atoms with Gasteiger partial charge < -0.3 is 16.4 Å². The second-order valence-corrected chi connectivity index (χ2v) is 9.44. The Kier molecular flexibility index (Phi) is 7.51. The van der Waals surface area contributed by atoms with Crippen molar-refractivity contribution in [3.63, 3.8) is 0 Å². The first-order chi connectivity index (χ1) is 18.1. The first-order valence-electron chi connectivity index (χ1n) is 12.7. The number of nitrogens with one attached hydrogen (secondary N) is 2. The Bertz CT molecular complexity index is 1310. The summed E-state index contributed by atoms with van der Waals surface area (Å²) in [5, 5.41) is 6.28. The van der Waals surface area contributed by atoms with Gasteiger partial charge in [-0.25, -0.2) is 4.98 Å². The minimum atomic E-state index is -0.621. The van der Waals surface area contributed by atoms with E-state index in [0.717, 1.165) is 55.0 Å². The zero-order valence-electron chi connectivity index (χ0n) is 20.7. The lowest BCUT2D eigenvalue weighted by atomic mass is 9.98. The van der Waals surface area contributed by atoms with Crippen LogP contribution in [0.1, 0.15) is 47.3 Å². The SMILES string of the molecule is NC(=O)c1ccc(NC(=O)C2=NCCCNc3ccc(-c4cncc(CN5CCCCC5)c4)cc32)cn1. The molecule has 1 fully saturated rings. The molecule has 0 aliphatic carbocycles. The number of carbonyl (C=O) groups is 2. The average Bonchev–Trinajstić information content (AvgIpc) is 2.90. The molecule has 4 N–H and O–H groups in total. The van der Waals surface area contributed by atoms with Crippen molar-refractivity contribution in [1.82, 2.24) is 14.9 Å². The molecule has 2 aliphatic rings. The van der Waals surface area contributed by atoms with Gasteiger partial charge in [-0.3, -0.25) is 24.5 Å². The molecular formula is C28H31N7O2. The predicted octanol–water partition coefficient (Wildman–Crippen LogP) is 3.47. The van der Waals surface area contributed by atoms with Crippen molar-refractivity contribution in [2.45, 2.75) is 32.2 Å². The van der Waals surface area contributed by atoms with E-state index in [1.54, 1.807) is 6.07 Å². The Morgan fingerprint density at radius 2 is 1.84 bits per heavy atom. The summed E-state index contributed by atoms with van der Waals surface area (Å²) in [4.78, 5) is 40.3. The van der Waals surface area contributed by atoms with Crippen molar-refractivity contribution in [3.8, 4) is 11.1 Å². The molecule has 9 nitrogen and oxygen atoms in total. The summed E-state index contributed by atoms with van der Waals surface area (Å²) in [6.45, 7) is 4.46. The number of aliphatic imine (C=N–C) groups is 1. The smallest absolute Gasteiger partial charge is 0.274 e. The van der Waals surface area contributed by atoms with E-state index in [1.807, 2.05) is 24.5 Å². The van der Waals surface area contributed by atoms with Crippen molar-refractivity contribution in [1.29, 1.82) is 0 Å². The van der Waals surface area contributed by atoms with Gasteiger partial charge in [0.25, 0.3) is 11.8 Å². The van der Waals surface area contributed by atoms with Crippen LogP contribution in [0.15, 0.2) is 60.0 Å². The number of anilines is 2. The van der Waals surface area contributed by atoms with Gasteiger partial charge in [-0.2, -0.15) is 0 Å². The molecule has 2 amide bonds. The molecule has 190 valence electrons. The number of primary amides is 1. The fourth-order valence-electron chi connectivity index (χ4n) is 4.76. The van der Waals surface area contributed by atoms with Crippen LogP contribution in [0.2, 0.25) is 0 Å². The maximum atomic E-state index is 13.3. The third kappa shape index (κ3) is 6.00. The van der Waals surface area contributed by atoms with Crippen molar-refractivity contribution in [2.75, 3.05) is 36.8 Å². The molecule has 0 radical (unpaired) electrons. The Morgan fingerprint density at radius 1 is 0.973 bits per heavy atom. The molecular weight excluding hydrogens is 466 g/mol. The van der Waals surface area contributed by atoms with Crippen LogP contribution in [0.3, 0.4) is 0 Å². The maximum Gasteiger partial charge on any atom is 0.274 e. The number of nitrogens with two attached hydrogens (primary N) is 1. The monoisotopic (exact) mass is 497 g/mol. The van der Waals surface area contributed by atoms with Crippen LogP contribution in [-0.4, -0.2) is 58.6 Å². The van der Waals surface area contributed by atoms with Gasteiger partial charge in [0.05, 0.1) is 11.9 Å². The number of nitrogens with zero attached hydrogens (tertiary/aromatic N) is 4. The summed E-state index contributed by atoms with van der Waals surface area (Å²) < 4.78 is 0. The van der Waals surface area contributed by atoms with E-state index in [0.29, 0.717) is 17.9 Å². The normalized spacial score (nSPS) is 15.9. The van der Waals surface area contributed by atoms with E-state index >= 15 is 0 Å². The van der Waals surface area contributed by atoms with Crippen LogP contribution in [0.5, 0.6) is 0 Å².